The SMILES string of the molecule is CCOC(=O)C1CCCN(Cc2cccc(C)n2)C1. The van der Waals surface area contributed by atoms with Crippen LogP contribution in [0.5, 0.6) is 0 Å². The summed E-state index contributed by atoms with van der Waals surface area (Å²) in [4.78, 5) is 18.6. The van der Waals surface area contributed by atoms with Crippen molar-refractivity contribution in [1.82, 2.24) is 9.88 Å². The molecule has 1 saturated heterocycles. The molecule has 0 saturated carbocycles. The first-order valence-electron chi connectivity index (χ1n) is 7.00. The van der Waals surface area contributed by atoms with Crippen molar-refractivity contribution in [2.24, 2.45) is 5.92 Å². The zero-order chi connectivity index (χ0) is 13.7. The number of piperidine rings is 1. The van der Waals surface area contributed by atoms with Crippen molar-refractivity contribution in [3.05, 3.63) is 29.6 Å². The lowest BCUT2D eigenvalue weighted by molar-refractivity contribution is -0.150. The maximum atomic E-state index is 11.8. The Balaban J connectivity index is 1.92. The molecule has 0 N–H and O–H groups in total. The van der Waals surface area contributed by atoms with Gasteiger partial charge in [-0.15, -0.1) is 0 Å². The van der Waals surface area contributed by atoms with Gasteiger partial charge in [0, 0.05) is 18.8 Å². The largest absolute Gasteiger partial charge is 0.466 e. The lowest BCUT2D eigenvalue weighted by atomic mass is 9.98. The molecule has 0 amide bonds. The van der Waals surface area contributed by atoms with Crippen LogP contribution in [0.25, 0.3) is 0 Å². The Morgan fingerprint density at radius 1 is 1.53 bits per heavy atom. The average molecular weight is 262 g/mol. The highest BCUT2D eigenvalue weighted by Gasteiger charge is 2.26. The zero-order valence-electron chi connectivity index (χ0n) is 11.8. The number of aromatic nitrogens is 1. The maximum Gasteiger partial charge on any atom is 0.310 e. The van der Waals surface area contributed by atoms with Crippen LogP contribution in [-0.2, 0) is 16.1 Å². The van der Waals surface area contributed by atoms with Gasteiger partial charge in [-0.2, -0.15) is 0 Å². The lowest BCUT2D eigenvalue weighted by Gasteiger charge is -2.31. The molecule has 1 unspecified atom stereocenters. The Labute approximate surface area is 114 Å². The Morgan fingerprint density at radius 3 is 3.11 bits per heavy atom. The fraction of sp³-hybridized carbons (Fsp3) is 0.600. The topological polar surface area (TPSA) is 42.4 Å². The van der Waals surface area contributed by atoms with Gasteiger partial charge in [-0.1, -0.05) is 6.07 Å². The minimum Gasteiger partial charge on any atom is -0.466 e. The predicted octanol–water partition coefficient (Wildman–Crippen LogP) is 2.17. The molecule has 104 valence electrons. The van der Waals surface area contributed by atoms with Gasteiger partial charge in [-0.3, -0.25) is 14.7 Å². The van der Waals surface area contributed by atoms with Crippen molar-refractivity contribution in [3.8, 4) is 0 Å². The highest BCUT2D eigenvalue weighted by molar-refractivity contribution is 5.72. The number of hydrogen-bond donors (Lipinski definition) is 0. The van der Waals surface area contributed by atoms with E-state index in [1.54, 1.807) is 0 Å². The number of carbonyl (C=O) groups excluding carboxylic acids is 1. The number of pyridine rings is 1. The van der Waals surface area contributed by atoms with E-state index in [-0.39, 0.29) is 11.9 Å². The molecule has 1 aliphatic heterocycles. The summed E-state index contributed by atoms with van der Waals surface area (Å²) in [7, 11) is 0. The first kappa shape index (κ1) is 14.0. The van der Waals surface area contributed by atoms with Crippen LogP contribution in [0, 0.1) is 12.8 Å². The van der Waals surface area contributed by atoms with Crippen LogP contribution in [0.1, 0.15) is 31.2 Å². The van der Waals surface area contributed by atoms with Gasteiger partial charge in [0.05, 0.1) is 18.2 Å². The van der Waals surface area contributed by atoms with E-state index in [1.165, 1.54) is 0 Å². The van der Waals surface area contributed by atoms with E-state index in [1.807, 2.05) is 32.0 Å². The maximum absolute atomic E-state index is 11.8. The molecule has 1 aromatic heterocycles. The van der Waals surface area contributed by atoms with Crippen LogP contribution in [0.15, 0.2) is 18.2 Å². The van der Waals surface area contributed by atoms with E-state index in [9.17, 15) is 4.79 Å². The van der Waals surface area contributed by atoms with E-state index >= 15 is 0 Å². The molecule has 2 rings (SSSR count). The van der Waals surface area contributed by atoms with Gasteiger partial charge < -0.3 is 4.74 Å². The molecule has 0 aliphatic carbocycles. The van der Waals surface area contributed by atoms with Crippen molar-refractivity contribution < 1.29 is 9.53 Å². The quantitative estimate of drug-likeness (QED) is 0.780. The van der Waals surface area contributed by atoms with Crippen molar-refractivity contribution in [2.45, 2.75) is 33.2 Å². The molecular formula is C15H22N2O2. The van der Waals surface area contributed by atoms with Crippen molar-refractivity contribution in [1.29, 1.82) is 0 Å². The van der Waals surface area contributed by atoms with E-state index < -0.39 is 0 Å². The minimum absolute atomic E-state index is 0.0264. The van der Waals surface area contributed by atoms with Gasteiger partial charge in [0.2, 0.25) is 0 Å². The molecule has 1 fully saturated rings. The molecule has 4 nitrogen and oxygen atoms in total. The van der Waals surface area contributed by atoms with Crippen LogP contribution < -0.4 is 0 Å². The second-order valence-electron chi connectivity index (χ2n) is 5.10. The smallest absolute Gasteiger partial charge is 0.310 e. The van der Waals surface area contributed by atoms with Crippen LogP contribution in [0.2, 0.25) is 0 Å². The van der Waals surface area contributed by atoms with Gasteiger partial charge in [-0.05, 0) is 45.4 Å². The van der Waals surface area contributed by atoms with Crippen molar-refractivity contribution >= 4 is 5.97 Å². The van der Waals surface area contributed by atoms with Gasteiger partial charge in [0.1, 0.15) is 0 Å². The number of likely N-dealkylation sites (tertiary alicyclic amines) is 1. The summed E-state index contributed by atoms with van der Waals surface area (Å²) in [5.74, 6) is -0.0251. The summed E-state index contributed by atoms with van der Waals surface area (Å²) in [6.07, 6.45) is 1.99. The molecule has 0 spiro atoms. The summed E-state index contributed by atoms with van der Waals surface area (Å²) in [5.41, 5.74) is 2.11. The highest BCUT2D eigenvalue weighted by atomic mass is 16.5. The summed E-state index contributed by atoms with van der Waals surface area (Å²) in [6.45, 7) is 6.96. The molecule has 1 atom stereocenters. The normalized spacial score (nSPS) is 20.2. The van der Waals surface area contributed by atoms with Crippen molar-refractivity contribution in [2.75, 3.05) is 19.7 Å². The van der Waals surface area contributed by atoms with E-state index in [4.69, 9.17) is 4.74 Å². The molecular weight excluding hydrogens is 240 g/mol. The molecule has 0 aromatic carbocycles. The Hall–Kier alpha value is -1.42. The molecule has 1 aliphatic rings. The number of ether oxygens (including phenoxy) is 1. The number of aryl methyl sites for hydroxylation is 1. The fourth-order valence-corrected chi connectivity index (χ4v) is 2.57. The zero-order valence-corrected chi connectivity index (χ0v) is 11.8. The van der Waals surface area contributed by atoms with Crippen molar-refractivity contribution in [3.63, 3.8) is 0 Å². The number of carbonyl (C=O) groups is 1. The first-order chi connectivity index (χ1) is 9.19. The lowest BCUT2D eigenvalue weighted by Crippen LogP contribution is -2.39. The third kappa shape index (κ3) is 4.03. The average Bonchev–Trinajstić information content (AvgIpc) is 2.39. The van der Waals surface area contributed by atoms with Gasteiger partial charge in [-0.25, -0.2) is 0 Å². The molecule has 2 heterocycles. The standard InChI is InChI=1S/C15H22N2O2/c1-3-19-15(18)13-7-5-9-17(10-13)11-14-8-4-6-12(2)16-14/h4,6,8,13H,3,5,7,9-11H2,1-2H3. The Morgan fingerprint density at radius 2 is 2.37 bits per heavy atom. The van der Waals surface area contributed by atoms with Gasteiger partial charge in [0.25, 0.3) is 0 Å². The minimum atomic E-state index is -0.0515. The summed E-state index contributed by atoms with van der Waals surface area (Å²) in [5, 5.41) is 0. The molecule has 0 radical (unpaired) electrons. The second-order valence-corrected chi connectivity index (χ2v) is 5.10. The molecule has 1 aromatic rings. The monoisotopic (exact) mass is 262 g/mol. The van der Waals surface area contributed by atoms with Gasteiger partial charge >= 0.3 is 5.97 Å². The number of esters is 1. The van der Waals surface area contributed by atoms with Crippen LogP contribution in [-0.4, -0.2) is 35.5 Å². The van der Waals surface area contributed by atoms with E-state index in [2.05, 4.69) is 9.88 Å². The summed E-state index contributed by atoms with van der Waals surface area (Å²) >= 11 is 0. The Bertz CT molecular complexity index is 434. The third-order valence-electron chi connectivity index (χ3n) is 3.46. The predicted molar refractivity (Wildman–Crippen MR) is 73.6 cm³/mol. The molecule has 19 heavy (non-hydrogen) atoms. The number of nitrogens with zero attached hydrogens (tertiary/aromatic N) is 2. The number of rotatable bonds is 4. The summed E-state index contributed by atoms with van der Waals surface area (Å²) < 4.78 is 5.12. The molecule has 4 heteroatoms. The van der Waals surface area contributed by atoms with Crippen LogP contribution >= 0.6 is 0 Å². The van der Waals surface area contributed by atoms with Gasteiger partial charge in [0.15, 0.2) is 0 Å². The van der Waals surface area contributed by atoms with E-state index in [0.29, 0.717) is 6.61 Å². The third-order valence-corrected chi connectivity index (χ3v) is 3.46. The summed E-state index contributed by atoms with van der Waals surface area (Å²) in [6, 6.07) is 6.08. The van der Waals surface area contributed by atoms with E-state index in [0.717, 1.165) is 43.9 Å². The highest BCUT2D eigenvalue weighted by Crippen LogP contribution is 2.19. The molecule has 0 bridgehead atoms. The van der Waals surface area contributed by atoms with Crippen LogP contribution in [0.4, 0.5) is 0 Å². The Kier molecular flexibility index (Phi) is 4.91. The number of hydrogen-bond acceptors (Lipinski definition) is 4. The fourth-order valence-electron chi connectivity index (χ4n) is 2.57. The van der Waals surface area contributed by atoms with Crippen LogP contribution in [0.3, 0.4) is 0 Å². The first-order valence-corrected chi connectivity index (χ1v) is 7.00. The second kappa shape index (κ2) is 6.66.